The van der Waals surface area contributed by atoms with Crippen LogP contribution in [0.3, 0.4) is 0 Å². The Balaban J connectivity index is 2.03. The molecular weight excluding hydrogens is 285 g/mol. The summed E-state index contributed by atoms with van der Waals surface area (Å²) in [4.78, 5) is 0. The summed E-state index contributed by atoms with van der Waals surface area (Å²) >= 11 is 11.9. The first-order valence-corrected chi connectivity index (χ1v) is 7.36. The van der Waals surface area contributed by atoms with Gasteiger partial charge in [0, 0.05) is 25.1 Å². The molecule has 0 saturated carbocycles. The van der Waals surface area contributed by atoms with Crippen LogP contribution in [0.4, 0.5) is 0 Å². The average Bonchev–Trinajstić information content (AvgIpc) is 2.92. The molecule has 2 atom stereocenters. The van der Waals surface area contributed by atoms with Crippen LogP contribution in [0.15, 0.2) is 18.2 Å². The van der Waals surface area contributed by atoms with Crippen molar-refractivity contribution in [1.82, 2.24) is 5.32 Å². The lowest BCUT2D eigenvalue weighted by Crippen LogP contribution is -2.33. The zero-order chi connectivity index (χ0) is 13.7. The number of halogens is 2. The van der Waals surface area contributed by atoms with Crippen LogP contribution >= 0.6 is 23.2 Å². The molecule has 0 spiro atoms. The van der Waals surface area contributed by atoms with E-state index in [9.17, 15) is 0 Å². The molecular formula is C14H19Cl2NO2. The standard InChI is InChI=1S/C14H19Cl2NO2/c1-2-18-9-14(10-5-6-17-8-10)19-11-3-4-12(15)13(16)7-11/h3-4,7,10,14,17H,2,5-6,8-9H2,1H3/t10-,14-/m0/s1. The van der Waals surface area contributed by atoms with Crippen LogP contribution < -0.4 is 10.1 Å². The Kier molecular flexibility index (Phi) is 5.76. The van der Waals surface area contributed by atoms with Crippen LogP contribution in [0.2, 0.25) is 10.0 Å². The van der Waals surface area contributed by atoms with Crippen LogP contribution in [-0.4, -0.2) is 32.4 Å². The van der Waals surface area contributed by atoms with Crippen LogP contribution in [0, 0.1) is 5.92 Å². The number of hydrogen-bond acceptors (Lipinski definition) is 3. The molecule has 1 N–H and O–H groups in total. The van der Waals surface area contributed by atoms with E-state index in [1.165, 1.54) is 0 Å². The number of benzene rings is 1. The van der Waals surface area contributed by atoms with Gasteiger partial charge in [0.25, 0.3) is 0 Å². The summed E-state index contributed by atoms with van der Waals surface area (Å²) in [6, 6.07) is 5.35. The van der Waals surface area contributed by atoms with Crippen LogP contribution in [0.5, 0.6) is 5.75 Å². The predicted octanol–water partition coefficient (Wildman–Crippen LogP) is 3.39. The SMILES string of the molecule is CCOC[C@H](Oc1ccc(Cl)c(Cl)c1)[C@H]1CCNC1. The van der Waals surface area contributed by atoms with E-state index in [4.69, 9.17) is 32.7 Å². The van der Waals surface area contributed by atoms with Gasteiger partial charge < -0.3 is 14.8 Å². The van der Waals surface area contributed by atoms with Gasteiger partial charge in [-0.2, -0.15) is 0 Å². The second kappa shape index (κ2) is 7.34. The topological polar surface area (TPSA) is 30.5 Å². The zero-order valence-corrected chi connectivity index (χ0v) is 12.5. The lowest BCUT2D eigenvalue weighted by Gasteiger charge is -2.24. The maximum absolute atomic E-state index is 6.03. The first-order chi connectivity index (χ1) is 9.20. The molecule has 0 radical (unpaired) electrons. The summed E-state index contributed by atoms with van der Waals surface area (Å²) in [6.07, 6.45) is 1.16. The predicted molar refractivity (Wildman–Crippen MR) is 78.3 cm³/mol. The maximum atomic E-state index is 6.03. The molecule has 1 aromatic rings. The van der Waals surface area contributed by atoms with Gasteiger partial charge in [-0.25, -0.2) is 0 Å². The van der Waals surface area contributed by atoms with E-state index in [1.54, 1.807) is 12.1 Å². The average molecular weight is 304 g/mol. The Morgan fingerprint density at radius 3 is 2.84 bits per heavy atom. The van der Waals surface area contributed by atoms with E-state index in [1.807, 2.05) is 13.0 Å². The summed E-state index contributed by atoms with van der Waals surface area (Å²) < 4.78 is 11.6. The normalized spacial score (nSPS) is 20.5. The highest BCUT2D eigenvalue weighted by Gasteiger charge is 2.26. The molecule has 1 saturated heterocycles. The molecule has 0 unspecified atom stereocenters. The van der Waals surface area contributed by atoms with Crippen molar-refractivity contribution in [3.63, 3.8) is 0 Å². The van der Waals surface area contributed by atoms with Crippen LogP contribution in [0.25, 0.3) is 0 Å². The Bertz CT molecular complexity index is 408. The van der Waals surface area contributed by atoms with Gasteiger partial charge in [0.2, 0.25) is 0 Å². The smallest absolute Gasteiger partial charge is 0.126 e. The molecule has 3 nitrogen and oxygen atoms in total. The van der Waals surface area contributed by atoms with Crippen molar-refractivity contribution < 1.29 is 9.47 Å². The van der Waals surface area contributed by atoms with Gasteiger partial charge in [-0.3, -0.25) is 0 Å². The van der Waals surface area contributed by atoms with E-state index in [0.29, 0.717) is 29.2 Å². The molecule has 106 valence electrons. The molecule has 1 heterocycles. The fourth-order valence-electron chi connectivity index (χ4n) is 2.22. The van der Waals surface area contributed by atoms with Crippen molar-refractivity contribution in [3.05, 3.63) is 28.2 Å². The van der Waals surface area contributed by atoms with Crippen LogP contribution in [0.1, 0.15) is 13.3 Å². The molecule has 0 bridgehead atoms. The van der Waals surface area contributed by atoms with Crippen LogP contribution in [-0.2, 0) is 4.74 Å². The quantitative estimate of drug-likeness (QED) is 0.874. The first-order valence-electron chi connectivity index (χ1n) is 6.61. The number of nitrogens with one attached hydrogen (secondary N) is 1. The molecule has 5 heteroatoms. The largest absolute Gasteiger partial charge is 0.488 e. The Morgan fingerprint density at radius 1 is 1.37 bits per heavy atom. The third kappa shape index (κ3) is 4.25. The molecule has 0 aromatic heterocycles. The second-order valence-electron chi connectivity index (χ2n) is 4.64. The minimum atomic E-state index is 0.0483. The van der Waals surface area contributed by atoms with E-state index in [0.717, 1.165) is 25.3 Å². The van der Waals surface area contributed by atoms with Crippen molar-refractivity contribution in [2.24, 2.45) is 5.92 Å². The molecule has 0 aliphatic carbocycles. The number of hydrogen-bond donors (Lipinski definition) is 1. The van der Waals surface area contributed by atoms with E-state index >= 15 is 0 Å². The third-order valence-electron chi connectivity index (χ3n) is 3.29. The van der Waals surface area contributed by atoms with Crippen molar-refractivity contribution in [1.29, 1.82) is 0 Å². The lowest BCUT2D eigenvalue weighted by atomic mass is 10.0. The summed E-state index contributed by atoms with van der Waals surface area (Å²) in [5.41, 5.74) is 0. The highest BCUT2D eigenvalue weighted by Crippen LogP contribution is 2.28. The summed E-state index contributed by atoms with van der Waals surface area (Å²) in [5.74, 6) is 1.21. The highest BCUT2D eigenvalue weighted by atomic mass is 35.5. The summed E-state index contributed by atoms with van der Waals surface area (Å²) in [7, 11) is 0. The second-order valence-corrected chi connectivity index (χ2v) is 5.46. The van der Waals surface area contributed by atoms with Gasteiger partial charge in [0.15, 0.2) is 0 Å². The van der Waals surface area contributed by atoms with E-state index in [-0.39, 0.29) is 6.10 Å². The molecule has 1 aromatic carbocycles. The molecule has 0 amide bonds. The molecule has 1 fully saturated rings. The Hall–Kier alpha value is -0.480. The van der Waals surface area contributed by atoms with Gasteiger partial charge in [0.1, 0.15) is 11.9 Å². The minimum absolute atomic E-state index is 0.0483. The van der Waals surface area contributed by atoms with Gasteiger partial charge in [-0.15, -0.1) is 0 Å². The monoisotopic (exact) mass is 303 g/mol. The number of rotatable bonds is 6. The van der Waals surface area contributed by atoms with Gasteiger partial charge >= 0.3 is 0 Å². The van der Waals surface area contributed by atoms with Gasteiger partial charge in [0.05, 0.1) is 16.7 Å². The fourth-order valence-corrected chi connectivity index (χ4v) is 2.51. The zero-order valence-electron chi connectivity index (χ0n) is 11.0. The minimum Gasteiger partial charge on any atom is -0.488 e. The summed E-state index contributed by atoms with van der Waals surface area (Å²) in [5, 5.41) is 4.41. The Labute approximate surface area is 124 Å². The van der Waals surface area contributed by atoms with E-state index < -0.39 is 0 Å². The number of ether oxygens (including phenoxy) is 2. The maximum Gasteiger partial charge on any atom is 0.126 e. The lowest BCUT2D eigenvalue weighted by molar-refractivity contribution is 0.0291. The van der Waals surface area contributed by atoms with Crippen molar-refractivity contribution in [3.8, 4) is 5.75 Å². The van der Waals surface area contributed by atoms with Gasteiger partial charge in [-0.05, 0) is 32.0 Å². The molecule has 19 heavy (non-hydrogen) atoms. The van der Waals surface area contributed by atoms with E-state index in [2.05, 4.69) is 5.32 Å². The molecule has 1 aliphatic rings. The fraction of sp³-hybridized carbons (Fsp3) is 0.571. The third-order valence-corrected chi connectivity index (χ3v) is 4.03. The molecule has 2 rings (SSSR count). The summed E-state index contributed by atoms with van der Waals surface area (Å²) in [6.45, 7) is 5.30. The first kappa shape index (κ1) is 14.9. The Morgan fingerprint density at radius 2 is 2.21 bits per heavy atom. The van der Waals surface area contributed by atoms with Crippen molar-refractivity contribution in [2.75, 3.05) is 26.3 Å². The van der Waals surface area contributed by atoms with Crippen molar-refractivity contribution in [2.45, 2.75) is 19.4 Å². The molecule has 1 aliphatic heterocycles. The highest BCUT2D eigenvalue weighted by molar-refractivity contribution is 6.42. The van der Waals surface area contributed by atoms with Crippen molar-refractivity contribution >= 4 is 23.2 Å². The van der Waals surface area contributed by atoms with Gasteiger partial charge in [-0.1, -0.05) is 23.2 Å².